The first-order valence-corrected chi connectivity index (χ1v) is 8.24. The van der Waals surface area contributed by atoms with Crippen LogP contribution in [0, 0.1) is 13.8 Å². The number of hydrogen-bond donors (Lipinski definition) is 1. The van der Waals surface area contributed by atoms with Gasteiger partial charge in [-0.2, -0.15) is 0 Å². The van der Waals surface area contributed by atoms with Gasteiger partial charge in [-0.25, -0.2) is 9.78 Å². The van der Waals surface area contributed by atoms with E-state index in [-0.39, 0.29) is 5.69 Å². The van der Waals surface area contributed by atoms with Crippen molar-refractivity contribution in [3.63, 3.8) is 0 Å². The van der Waals surface area contributed by atoms with Crippen molar-refractivity contribution in [1.82, 2.24) is 4.98 Å². The highest BCUT2D eigenvalue weighted by molar-refractivity contribution is 9.10. The van der Waals surface area contributed by atoms with E-state index in [2.05, 4.69) is 27.8 Å². The largest absolute Gasteiger partial charge is 0.477 e. The fraction of sp³-hybridized carbons (Fsp3) is 0.333. The topological polar surface area (TPSA) is 50.2 Å². The van der Waals surface area contributed by atoms with Crippen LogP contribution in [0.3, 0.4) is 0 Å². The number of pyridine rings is 1. The molecule has 0 aliphatic carbocycles. The van der Waals surface area contributed by atoms with E-state index in [4.69, 9.17) is 0 Å². The van der Waals surface area contributed by atoms with Gasteiger partial charge in [-0.05, 0) is 54.7 Å². The summed E-state index contributed by atoms with van der Waals surface area (Å²) < 4.78 is 1.00. The fourth-order valence-corrected chi connectivity index (χ4v) is 2.76. The van der Waals surface area contributed by atoms with Gasteiger partial charge in [-0.3, -0.25) is 0 Å². The van der Waals surface area contributed by atoms with E-state index in [0.717, 1.165) is 38.8 Å². The summed E-state index contributed by atoms with van der Waals surface area (Å²) in [7, 11) is 0. The SMILES string of the molecule is CC.CCc1c(C)nc(C(=O)O)c(C)c1-c1ccc(Br)cc1. The van der Waals surface area contributed by atoms with Gasteiger partial charge in [-0.1, -0.05) is 48.8 Å². The monoisotopic (exact) mass is 363 g/mol. The summed E-state index contributed by atoms with van der Waals surface area (Å²) in [6, 6.07) is 7.92. The van der Waals surface area contributed by atoms with Crippen LogP contribution in [0.25, 0.3) is 11.1 Å². The van der Waals surface area contributed by atoms with Crippen LogP contribution in [0.4, 0.5) is 0 Å². The lowest BCUT2D eigenvalue weighted by molar-refractivity contribution is 0.0689. The molecule has 0 aliphatic rings. The zero-order valence-corrected chi connectivity index (χ0v) is 15.3. The lowest BCUT2D eigenvalue weighted by Crippen LogP contribution is -2.09. The Morgan fingerprint density at radius 2 is 1.73 bits per heavy atom. The van der Waals surface area contributed by atoms with Gasteiger partial charge in [0.25, 0.3) is 0 Å². The van der Waals surface area contributed by atoms with Gasteiger partial charge in [0.05, 0.1) is 0 Å². The molecule has 1 heterocycles. The number of aryl methyl sites for hydroxylation is 1. The molecule has 0 radical (unpaired) electrons. The summed E-state index contributed by atoms with van der Waals surface area (Å²) in [5.74, 6) is -0.980. The van der Waals surface area contributed by atoms with E-state index in [1.165, 1.54) is 0 Å². The first-order chi connectivity index (χ1) is 10.5. The maximum Gasteiger partial charge on any atom is 0.354 e. The Morgan fingerprint density at radius 1 is 1.18 bits per heavy atom. The molecular weight excluding hydrogens is 342 g/mol. The van der Waals surface area contributed by atoms with Crippen LogP contribution in [-0.4, -0.2) is 16.1 Å². The number of carboxylic acid groups (broad SMARTS) is 1. The molecule has 22 heavy (non-hydrogen) atoms. The Balaban J connectivity index is 0.00000116. The molecule has 118 valence electrons. The molecule has 0 atom stereocenters. The van der Waals surface area contributed by atoms with Crippen LogP contribution in [0.5, 0.6) is 0 Å². The van der Waals surface area contributed by atoms with E-state index in [1.807, 2.05) is 52.0 Å². The molecule has 0 bridgehead atoms. The number of aromatic nitrogens is 1. The molecular formula is C18H22BrNO2. The molecule has 2 aromatic rings. The molecule has 0 saturated carbocycles. The lowest BCUT2D eigenvalue weighted by atomic mass is 9.92. The fourth-order valence-electron chi connectivity index (χ4n) is 2.49. The average Bonchev–Trinajstić information content (AvgIpc) is 2.51. The van der Waals surface area contributed by atoms with Gasteiger partial charge in [0.15, 0.2) is 5.69 Å². The molecule has 0 unspecified atom stereocenters. The highest BCUT2D eigenvalue weighted by Crippen LogP contribution is 2.32. The van der Waals surface area contributed by atoms with Gasteiger partial charge < -0.3 is 5.11 Å². The van der Waals surface area contributed by atoms with Crippen LogP contribution in [-0.2, 0) is 6.42 Å². The molecule has 0 aliphatic heterocycles. The second-order valence-electron chi connectivity index (χ2n) is 4.69. The number of halogens is 1. The average molecular weight is 364 g/mol. The Bertz CT molecular complexity index is 664. The molecule has 0 amide bonds. The number of benzene rings is 1. The second kappa shape index (κ2) is 8.08. The zero-order valence-electron chi connectivity index (χ0n) is 13.7. The molecule has 4 heteroatoms. The van der Waals surface area contributed by atoms with Gasteiger partial charge in [0, 0.05) is 10.2 Å². The molecule has 0 saturated heterocycles. The minimum atomic E-state index is -0.980. The molecule has 1 N–H and O–H groups in total. The Kier molecular flexibility index (Phi) is 6.75. The summed E-state index contributed by atoms with van der Waals surface area (Å²) in [4.78, 5) is 15.6. The van der Waals surface area contributed by atoms with Crippen molar-refractivity contribution >= 4 is 21.9 Å². The van der Waals surface area contributed by atoms with Crippen molar-refractivity contribution in [2.45, 2.75) is 41.0 Å². The standard InChI is InChI=1S/C16H16BrNO2.C2H6/c1-4-13-10(3)18-15(16(19)20)9(2)14(13)11-5-7-12(17)8-6-11;1-2/h5-8H,4H2,1-3H3,(H,19,20);1-2H3. The predicted octanol–water partition coefficient (Wildman–Crippen LogP) is 5.41. The Hall–Kier alpha value is -1.68. The summed E-state index contributed by atoms with van der Waals surface area (Å²) in [6.45, 7) is 9.76. The number of hydrogen-bond acceptors (Lipinski definition) is 2. The first kappa shape index (κ1) is 18.4. The van der Waals surface area contributed by atoms with E-state index in [9.17, 15) is 9.90 Å². The molecule has 0 fully saturated rings. The van der Waals surface area contributed by atoms with E-state index in [0.29, 0.717) is 0 Å². The van der Waals surface area contributed by atoms with Crippen LogP contribution in [0.1, 0.15) is 48.1 Å². The normalized spacial score (nSPS) is 9.91. The van der Waals surface area contributed by atoms with Crippen LogP contribution < -0.4 is 0 Å². The van der Waals surface area contributed by atoms with Gasteiger partial charge >= 0.3 is 5.97 Å². The predicted molar refractivity (Wildman–Crippen MR) is 94.5 cm³/mol. The maximum absolute atomic E-state index is 11.3. The van der Waals surface area contributed by atoms with Crippen molar-refractivity contribution in [2.24, 2.45) is 0 Å². The maximum atomic E-state index is 11.3. The molecule has 1 aromatic carbocycles. The third-order valence-electron chi connectivity index (χ3n) is 3.44. The number of carboxylic acids is 1. The summed E-state index contributed by atoms with van der Waals surface area (Å²) in [6.07, 6.45) is 0.824. The lowest BCUT2D eigenvalue weighted by Gasteiger charge is -2.16. The third-order valence-corrected chi connectivity index (χ3v) is 3.97. The number of aromatic carboxylic acids is 1. The van der Waals surface area contributed by atoms with Gasteiger partial charge in [0.1, 0.15) is 0 Å². The highest BCUT2D eigenvalue weighted by Gasteiger charge is 2.19. The highest BCUT2D eigenvalue weighted by atomic mass is 79.9. The first-order valence-electron chi connectivity index (χ1n) is 7.45. The van der Waals surface area contributed by atoms with E-state index in [1.54, 1.807) is 0 Å². The van der Waals surface area contributed by atoms with Gasteiger partial charge in [0.2, 0.25) is 0 Å². The van der Waals surface area contributed by atoms with Gasteiger partial charge in [-0.15, -0.1) is 0 Å². The minimum absolute atomic E-state index is 0.137. The minimum Gasteiger partial charge on any atom is -0.477 e. The molecule has 0 spiro atoms. The van der Waals surface area contributed by atoms with Crippen LogP contribution >= 0.6 is 15.9 Å². The molecule has 1 aromatic heterocycles. The Morgan fingerprint density at radius 3 is 2.18 bits per heavy atom. The number of carbonyl (C=O) groups is 1. The van der Waals surface area contributed by atoms with Crippen LogP contribution in [0.15, 0.2) is 28.7 Å². The van der Waals surface area contributed by atoms with Crippen molar-refractivity contribution < 1.29 is 9.90 Å². The smallest absolute Gasteiger partial charge is 0.354 e. The Labute approximate surface area is 140 Å². The van der Waals surface area contributed by atoms with E-state index >= 15 is 0 Å². The van der Waals surface area contributed by atoms with Crippen LogP contribution in [0.2, 0.25) is 0 Å². The summed E-state index contributed by atoms with van der Waals surface area (Å²) in [5, 5.41) is 9.30. The van der Waals surface area contributed by atoms with Crippen molar-refractivity contribution in [2.75, 3.05) is 0 Å². The van der Waals surface area contributed by atoms with E-state index < -0.39 is 5.97 Å². The number of rotatable bonds is 3. The van der Waals surface area contributed by atoms with Crippen molar-refractivity contribution in [3.05, 3.63) is 51.3 Å². The molecule has 2 rings (SSSR count). The van der Waals surface area contributed by atoms with Crippen molar-refractivity contribution in [1.29, 1.82) is 0 Å². The quantitative estimate of drug-likeness (QED) is 0.792. The zero-order chi connectivity index (χ0) is 16.9. The summed E-state index contributed by atoms with van der Waals surface area (Å²) >= 11 is 3.42. The molecule has 3 nitrogen and oxygen atoms in total. The van der Waals surface area contributed by atoms with Crippen molar-refractivity contribution in [3.8, 4) is 11.1 Å². The summed E-state index contributed by atoms with van der Waals surface area (Å²) in [5.41, 5.74) is 4.77. The third kappa shape index (κ3) is 3.74. The number of nitrogens with zero attached hydrogens (tertiary/aromatic N) is 1. The second-order valence-corrected chi connectivity index (χ2v) is 5.61.